The fraction of sp³-hybridized carbons (Fsp3) is 0.560. The summed E-state index contributed by atoms with van der Waals surface area (Å²) in [6.45, 7) is 14.5. The Labute approximate surface area is 205 Å². The minimum atomic E-state index is -0.239. The molecular weight excluding hydrogens is 448 g/mol. The van der Waals surface area contributed by atoms with Crippen LogP contribution in [-0.2, 0) is 21.4 Å². The average Bonchev–Trinajstić information content (AvgIpc) is 3.43. The predicted octanol–water partition coefficient (Wildman–Crippen LogP) is 3.09. The van der Waals surface area contributed by atoms with Gasteiger partial charge in [-0.05, 0) is 33.3 Å². The number of fused-ring (bicyclic) bond motifs is 1. The number of aromatic nitrogens is 4. The van der Waals surface area contributed by atoms with Gasteiger partial charge in [0.2, 0.25) is 0 Å². The Morgan fingerprint density at radius 3 is 2.49 bits per heavy atom. The highest BCUT2D eigenvalue weighted by atomic mass is 16.5. The van der Waals surface area contributed by atoms with Gasteiger partial charge in [0.05, 0.1) is 12.2 Å². The maximum Gasteiger partial charge on any atom is 0.306 e. The number of piperazine rings is 1. The SMILES string of the molecule is CCOC(=O)CCc1c(C)nc2ncnn2c1N1CCN(C(=O)c2cc(C(C)(C)C)oc2C)CC1. The van der Waals surface area contributed by atoms with Gasteiger partial charge in [-0.3, -0.25) is 9.59 Å². The second kappa shape index (κ2) is 9.67. The summed E-state index contributed by atoms with van der Waals surface area (Å²) >= 11 is 0. The Kier molecular flexibility index (Phi) is 6.82. The standard InChI is InChI=1S/C25H34N6O4/c1-7-34-21(32)9-8-18-16(2)28-24-26-15-27-31(24)22(18)29-10-12-30(13-11-29)23(33)19-14-20(25(4,5)6)35-17(19)3/h14-15H,7-13H2,1-6H3. The van der Waals surface area contributed by atoms with Crippen LogP contribution in [0.3, 0.4) is 0 Å². The van der Waals surface area contributed by atoms with Crippen LogP contribution in [0, 0.1) is 13.8 Å². The van der Waals surface area contributed by atoms with Gasteiger partial charge in [-0.25, -0.2) is 4.98 Å². The molecule has 0 aliphatic carbocycles. The van der Waals surface area contributed by atoms with Gasteiger partial charge in [-0.1, -0.05) is 20.8 Å². The van der Waals surface area contributed by atoms with E-state index in [4.69, 9.17) is 9.15 Å². The normalized spacial score (nSPS) is 14.6. The van der Waals surface area contributed by atoms with E-state index in [0.717, 1.165) is 22.8 Å². The number of amides is 1. The smallest absolute Gasteiger partial charge is 0.306 e. The summed E-state index contributed by atoms with van der Waals surface area (Å²) in [5, 5.41) is 4.39. The predicted molar refractivity (Wildman–Crippen MR) is 131 cm³/mol. The van der Waals surface area contributed by atoms with Crippen LogP contribution in [0.2, 0.25) is 0 Å². The zero-order chi connectivity index (χ0) is 25.3. The van der Waals surface area contributed by atoms with Crippen molar-refractivity contribution in [3.63, 3.8) is 0 Å². The van der Waals surface area contributed by atoms with Crippen molar-refractivity contribution in [2.24, 2.45) is 0 Å². The fourth-order valence-corrected chi connectivity index (χ4v) is 4.40. The molecular formula is C25H34N6O4. The molecule has 4 heterocycles. The van der Waals surface area contributed by atoms with E-state index in [0.29, 0.717) is 56.3 Å². The first kappa shape index (κ1) is 24.7. The van der Waals surface area contributed by atoms with Gasteiger partial charge in [-0.2, -0.15) is 14.6 Å². The zero-order valence-electron chi connectivity index (χ0n) is 21.4. The molecule has 0 aromatic carbocycles. The van der Waals surface area contributed by atoms with E-state index in [1.807, 2.05) is 24.8 Å². The van der Waals surface area contributed by atoms with E-state index >= 15 is 0 Å². The molecule has 1 amide bonds. The maximum absolute atomic E-state index is 13.3. The molecule has 4 rings (SSSR count). The molecule has 3 aromatic rings. The minimum Gasteiger partial charge on any atom is -0.466 e. The van der Waals surface area contributed by atoms with Crippen LogP contribution >= 0.6 is 0 Å². The van der Waals surface area contributed by atoms with E-state index in [9.17, 15) is 9.59 Å². The monoisotopic (exact) mass is 482 g/mol. The van der Waals surface area contributed by atoms with Crippen molar-refractivity contribution < 1.29 is 18.7 Å². The molecule has 0 unspecified atom stereocenters. The topological polar surface area (TPSA) is 106 Å². The Balaban J connectivity index is 1.54. The van der Waals surface area contributed by atoms with E-state index in [1.54, 1.807) is 11.4 Å². The Morgan fingerprint density at radius 2 is 1.86 bits per heavy atom. The molecule has 188 valence electrons. The van der Waals surface area contributed by atoms with Crippen molar-refractivity contribution in [2.45, 2.75) is 59.8 Å². The van der Waals surface area contributed by atoms with Crippen molar-refractivity contribution in [3.8, 4) is 0 Å². The first-order valence-corrected chi connectivity index (χ1v) is 12.1. The van der Waals surface area contributed by atoms with Crippen molar-refractivity contribution in [2.75, 3.05) is 37.7 Å². The lowest BCUT2D eigenvalue weighted by atomic mass is 9.93. The number of esters is 1. The largest absolute Gasteiger partial charge is 0.466 e. The zero-order valence-corrected chi connectivity index (χ0v) is 21.4. The van der Waals surface area contributed by atoms with Gasteiger partial charge in [0.1, 0.15) is 23.7 Å². The van der Waals surface area contributed by atoms with Crippen LogP contribution in [0.4, 0.5) is 5.82 Å². The number of anilines is 1. The van der Waals surface area contributed by atoms with E-state index in [1.165, 1.54) is 6.33 Å². The van der Waals surface area contributed by atoms with E-state index in [2.05, 4.69) is 40.7 Å². The summed E-state index contributed by atoms with van der Waals surface area (Å²) < 4.78 is 12.7. The lowest BCUT2D eigenvalue weighted by molar-refractivity contribution is -0.143. The van der Waals surface area contributed by atoms with E-state index in [-0.39, 0.29) is 23.7 Å². The molecule has 0 atom stereocenters. The van der Waals surface area contributed by atoms with Crippen LogP contribution in [0.1, 0.15) is 67.3 Å². The fourth-order valence-electron chi connectivity index (χ4n) is 4.40. The molecule has 0 N–H and O–H groups in total. The van der Waals surface area contributed by atoms with Crippen LogP contribution < -0.4 is 4.90 Å². The molecule has 0 bridgehead atoms. The van der Waals surface area contributed by atoms with Gasteiger partial charge in [0.15, 0.2) is 0 Å². The van der Waals surface area contributed by atoms with Gasteiger partial charge < -0.3 is 19.0 Å². The molecule has 10 heteroatoms. The highest BCUT2D eigenvalue weighted by Crippen LogP contribution is 2.29. The van der Waals surface area contributed by atoms with Gasteiger partial charge >= 0.3 is 5.97 Å². The van der Waals surface area contributed by atoms with Crippen molar-refractivity contribution in [3.05, 3.63) is 40.7 Å². The Hall–Kier alpha value is -3.43. The first-order chi connectivity index (χ1) is 16.6. The van der Waals surface area contributed by atoms with Gasteiger partial charge in [0, 0.05) is 49.3 Å². The number of carbonyl (C=O) groups is 2. The summed E-state index contributed by atoms with van der Waals surface area (Å²) in [5.74, 6) is 2.59. The Bertz CT molecular complexity index is 1230. The molecule has 1 aliphatic heterocycles. The molecule has 1 aliphatic rings. The number of nitrogens with zero attached hydrogens (tertiary/aromatic N) is 6. The second-order valence-electron chi connectivity index (χ2n) is 9.89. The number of furan rings is 1. The van der Waals surface area contributed by atoms with Crippen LogP contribution in [0.25, 0.3) is 5.78 Å². The quantitative estimate of drug-likeness (QED) is 0.494. The molecule has 3 aromatic heterocycles. The highest BCUT2D eigenvalue weighted by Gasteiger charge is 2.30. The van der Waals surface area contributed by atoms with Crippen LogP contribution in [0.5, 0.6) is 0 Å². The van der Waals surface area contributed by atoms with Gasteiger partial charge in [-0.15, -0.1) is 0 Å². The number of aryl methyl sites for hydroxylation is 2. The first-order valence-electron chi connectivity index (χ1n) is 12.1. The number of hydrogen-bond acceptors (Lipinski definition) is 8. The molecule has 0 spiro atoms. The summed E-state index contributed by atoms with van der Waals surface area (Å²) in [4.78, 5) is 38.2. The number of carbonyl (C=O) groups excluding carboxylic acids is 2. The molecule has 35 heavy (non-hydrogen) atoms. The lowest BCUT2D eigenvalue weighted by Gasteiger charge is -2.37. The molecule has 0 saturated carbocycles. The van der Waals surface area contributed by atoms with Crippen LogP contribution in [-0.4, -0.2) is 69.1 Å². The maximum atomic E-state index is 13.3. The summed E-state index contributed by atoms with van der Waals surface area (Å²) in [6.07, 6.45) is 2.23. The Morgan fingerprint density at radius 1 is 1.14 bits per heavy atom. The third kappa shape index (κ3) is 5.01. The minimum absolute atomic E-state index is 0.0132. The van der Waals surface area contributed by atoms with Crippen molar-refractivity contribution in [1.82, 2.24) is 24.5 Å². The molecule has 0 radical (unpaired) electrons. The summed E-state index contributed by atoms with van der Waals surface area (Å²) in [6, 6.07) is 1.88. The molecule has 10 nitrogen and oxygen atoms in total. The lowest BCUT2D eigenvalue weighted by Crippen LogP contribution is -2.49. The van der Waals surface area contributed by atoms with Crippen molar-refractivity contribution in [1.29, 1.82) is 0 Å². The molecule has 1 fully saturated rings. The van der Waals surface area contributed by atoms with Crippen molar-refractivity contribution >= 4 is 23.5 Å². The third-order valence-corrected chi connectivity index (χ3v) is 6.34. The highest BCUT2D eigenvalue weighted by molar-refractivity contribution is 5.95. The number of hydrogen-bond donors (Lipinski definition) is 0. The third-order valence-electron chi connectivity index (χ3n) is 6.34. The van der Waals surface area contributed by atoms with Crippen LogP contribution in [0.15, 0.2) is 16.8 Å². The van der Waals surface area contributed by atoms with E-state index < -0.39 is 0 Å². The summed E-state index contributed by atoms with van der Waals surface area (Å²) in [5.41, 5.74) is 2.21. The number of rotatable bonds is 6. The second-order valence-corrected chi connectivity index (χ2v) is 9.89. The van der Waals surface area contributed by atoms with Gasteiger partial charge in [0.25, 0.3) is 11.7 Å². The molecule has 1 saturated heterocycles. The number of ether oxygens (including phenoxy) is 1. The summed E-state index contributed by atoms with van der Waals surface area (Å²) in [7, 11) is 0. The average molecular weight is 483 g/mol.